The number of nitrogens with zero attached hydrogens (tertiary/aromatic N) is 2. The number of hydrogen-bond acceptors (Lipinski definition) is 5. The molecule has 0 aromatic heterocycles. The number of piperazine rings is 1. The largest absolute Gasteiger partial charge is 0.466 e. The summed E-state index contributed by atoms with van der Waals surface area (Å²) in [7, 11) is 0. The zero-order valence-corrected chi connectivity index (χ0v) is 18.6. The SMILES string of the molecule is CCOC(=O)CCCCCCC(=O)c1ccc(N2CCN(c3ccccc3)CC2)cc1. The number of carbonyl (C=O) groups is 2. The topological polar surface area (TPSA) is 49.9 Å². The van der Waals surface area contributed by atoms with Crippen LogP contribution in [0.5, 0.6) is 0 Å². The predicted molar refractivity (Wildman–Crippen MR) is 126 cm³/mol. The highest BCUT2D eigenvalue weighted by atomic mass is 16.5. The highest BCUT2D eigenvalue weighted by Gasteiger charge is 2.17. The van der Waals surface area contributed by atoms with Crippen molar-refractivity contribution in [3.63, 3.8) is 0 Å². The van der Waals surface area contributed by atoms with E-state index in [0.717, 1.165) is 57.4 Å². The third kappa shape index (κ3) is 7.12. The van der Waals surface area contributed by atoms with Crippen molar-refractivity contribution in [3.05, 3.63) is 60.2 Å². The summed E-state index contributed by atoms with van der Waals surface area (Å²) in [6.07, 6.45) is 4.66. The third-order valence-electron chi connectivity index (χ3n) is 5.80. The van der Waals surface area contributed by atoms with Crippen LogP contribution in [-0.2, 0) is 9.53 Å². The quantitative estimate of drug-likeness (QED) is 0.286. The summed E-state index contributed by atoms with van der Waals surface area (Å²) in [4.78, 5) is 28.6. The molecule has 31 heavy (non-hydrogen) atoms. The summed E-state index contributed by atoms with van der Waals surface area (Å²) in [5.41, 5.74) is 3.26. The van der Waals surface area contributed by atoms with E-state index in [4.69, 9.17) is 4.74 Å². The number of ether oxygens (including phenoxy) is 1. The predicted octanol–water partition coefficient (Wildman–Crippen LogP) is 5.10. The lowest BCUT2D eigenvalue weighted by Gasteiger charge is -2.37. The molecule has 2 aromatic rings. The van der Waals surface area contributed by atoms with E-state index in [1.54, 1.807) is 0 Å². The fourth-order valence-corrected chi connectivity index (χ4v) is 4.01. The van der Waals surface area contributed by atoms with Crippen LogP contribution in [-0.4, -0.2) is 44.5 Å². The number of para-hydroxylation sites is 1. The maximum atomic E-state index is 12.5. The second kappa shape index (κ2) is 12.1. The van der Waals surface area contributed by atoms with Crippen molar-refractivity contribution in [1.29, 1.82) is 0 Å². The molecule has 0 unspecified atom stereocenters. The Morgan fingerprint density at radius 1 is 0.742 bits per heavy atom. The van der Waals surface area contributed by atoms with Crippen molar-refractivity contribution in [1.82, 2.24) is 0 Å². The smallest absolute Gasteiger partial charge is 0.305 e. The normalized spacial score (nSPS) is 13.8. The van der Waals surface area contributed by atoms with E-state index in [0.29, 0.717) is 19.4 Å². The lowest BCUT2D eigenvalue weighted by Crippen LogP contribution is -2.46. The first-order valence-electron chi connectivity index (χ1n) is 11.5. The Bertz CT molecular complexity index is 812. The molecule has 0 atom stereocenters. The van der Waals surface area contributed by atoms with E-state index in [1.165, 1.54) is 11.4 Å². The first-order chi connectivity index (χ1) is 15.2. The van der Waals surface area contributed by atoms with Crippen LogP contribution in [0.4, 0.5) is 11.4 Å². The monoisotopic (exact) mass is 422 g/mol. The van der Waals surface area contributed by atoms with Gasteiger partial charge >= 0.3 is 5.97 Å². The van der Waals surface area contributed by atoms with Crippen molar-refractivity contribution in [2.45, 2.75) is 45.4 Å². The van der Waals surface area contributed by atoms with Gasteiger partial charge in [-0.15, -0.1) is 0 Å². The van der Waals surface area contributed by atoms with Gasteiger partial charge in [-0.05, 0) is 56.2 Å². The minimum absolute atomic E-state index is 0.125. The fraction of sp³-hybridized carbons (Fsp3) is 0.462. The number of carbonyl (C=O) groups excluding carboxylic acids is 2. The maximum absolute atomic E-state index is 12.5. The average molecular weight is 423 g/mol. The van der Waals surface area contributed by atoms with E-state index < -0.39 is 0 Å². The minimum Gasteiger partial charge on any atom is -0.466 e. The lowest BCUT2D eigenvalue weighted by atomic mass is 10.0. The molecule has 0 spiro atoms. The van der Waals surface area contributed by atoms with Crippen molar-refractivity contribution in [3.8, 4) is 0 Å². The molecule has 0 amide bonds. The maximum Gasteiger partial charge on any atom is 0.305 e. The zero-order chi connectivity index (χ0) is 21.9. The Morgan fingerprint density at radius 3 is 1.87 bits per heavy atom. The molecule has 0 saturated carbocycles. The van der Waals surface area contributed by atoms with E-state index in [1.807, 2.05) is 19.1 Å². The van der Waals surface area contributed by atoms with Crippen LogP contribution >= 0.6 is 0 Å². The summed E-state index contributed by atoms with van der Waals surface area (Å²) in [5.74, 6) is 0.0750. The fourth-order valence-electron chi connectivity index (χ4n) is 4.01. The molecule has 1 fully saturated rings. The number of esters is 1. The Balaban J connectivity index is 1.37. The molecular weight excluding hydrogens is 388 g/mol. The Labute approximate surface area is 186 Å². The second-order valence-corrected chi connectivity index (χ2v) is 8.00. The van der Waals surface area contributed by atoms with E-state index >= 15 is 0 Å². The zero-order valence-electron chi connectivity index (χ0n) is 18.6. The number of ketones is 1. The van der Waals surface area contributed by atoms with E-state index in [-0.39, 0.29) is 11.8 Å². The molecule has 166 valence electrons. The van der Waals surface area contributed by atoms with Crippen molar-refractivity contribution >= 4 is 23.1 Å². The van der Waals surface area contributed by atoms with Crippen LogP contribution in [0, 0.1) is 0 Å². The average Bonchev–Trinajstić information content (AvgIpc) is 2.82. The summed E-state index contributed by atoms with van der Waals surface area (Å²) < 4.78 is 4.92. The first kappa shape index (κ1) is 22.9. The molecule has 5 nitrogen and oxygen atoms in total. The molecule has 0 radical (unpaired) electrons. The molecule has 2 aromatic carbocycles. The highest BCUT2D eigenvalue weighted by Crippen LogP contribution is 2.21. The van der Waals surface area contributed by atoms with E-state index in [9.17, 15) is 9.59 Å². The molecule has 1 aliphatic rings. The molecule has 1 saturated heterocycles. The molecule has 1 heterocycles. The van der Waals surface area contributed by atoms with Gasteiger partial charge < -0.3 is 14.5 Å². The van der Waals surface area contributed by atoms with Gasteiger partial charge in [0.25, 0.3) is 0 Å². The molecule has 5 heteroatoms. The molecule has 0 aliphatic carbocycles. The van der Waals surface area contributed by atoms with Gasteiger partial charge in [-0.25, -0.2) is 0 Å². The Hall–Kier alpha value is -2.82. The lowest BCUT2D eigenvalue weighted by molar-refractivity contribution is -0.143. The number of benzene rings is 2. The molecular formula is C26H34N2O3. The van der Waals surface area contributed by atoms with Crippen molar-refractivity contribution in [2.75, 3.05) is 42.6 Å². The van der Waals surface area contributed by atoms with Crippen LogP contribution < -0.4 is 9.80 Å². The number of rotatable bonds is 11. The third-order valence-corrected chi connectivity index (χ3v) is 5.80. The molecule has 1 aliphatic heterocycles. The summed E-state index contributed by atoms with van der Waals surface area (Å²) in [6.45, 7) is 6.22. The van der Waals surface area contributed by atoms with Gasteiger partial charge in [0, 0.05) is 56.0 Å². The number of anilines is 2. The van der Waals surface area contributed by atoms with Gasteiger partial charge in [0.05, 0.1) is 6.61 Å². The van der Waals surface area contributed by atoms with Gasteiger partial charge in [0.1, 0.15) is 0 Å². The van der Waals surface area contributed by atoms with Gasteiger partial charge in [-0.1, -0.05) is 31.0 Å². The van der Waals surface area contributed by atoms with Gasteiger partial charge in [0.2, 0.25) is 0 Å². The van der Waals surface area contributed by atoms with Gasteiger partial charge in [-0.3, -0.25) is 9.59 Å². The molecule has 0 N–H and O–H groups in total. The number of Topliss-reactive ketones (excluding diaryl/α,β-unsaturated/α-hetero) is 1. The number of hydrogen-bond donors (Lipinski definition) is 0. The summed E-state index contributed by atoms with van der Waals surface area (Å²) >= 11 is 0. The molecule has 3 rings (SSSR count). The van der Waals surface area contributed by atoms with Crippen LogP contribution in [0.3, 0.4) is 0 Å². The van der Waals surface area contributed by atoms with Gasteiger partial charge in [0.15, 0.2) is 5.78 Å². The molecule has 0 bridgehead atoms. The minimum atomic E-state index is -0.125. The standard InChI is InChI=1S/C26H34N2O3/c1-2-31-26(30)13-9-4-3-8-12-25(29)22-14-16-24(17-15-22)28-20-18-27(19-21-28)23-10-6-5-7-11-23/h5-7,10-11,14-17H,2-4,8-9,12-13,18-21H2,1H3. The van der Waals surface area contributed by atoms with Crippen molar-refractivity contribution in [2.24, 2.45) is 0 Å². The van der Waals surface area contributed by atoms with Crippen LogP contribution in [0.25, 0.3) is 0 Å². The highest BCUT2D eigenvalue weighted by molar-refractivity contribution is 5.96. The number of unbranched alkanes of at least 4 members (excludes halogenated alkanes) is 3. The Kier molecular flexibility index (Phi) is 8.95. The van der Waals surface area contributed by atoms with Crippen LogP contribution in [0.2, 0.25) is 0 Å². The summed E-state index contributed by atoms with van der Waals surface area (Å²) in [5, 5.41) is 0. The van der Waals surface area contributed by atoms with Gasteiger partial charge in [-0.2, -0.15) is 0 Å². The summed E-state index contributed by atoms with van der Waals surface area (Å²) in [6, 6.07) is 18.6. The first-order valence-corrected chi connectivity index (χ1v) is 11.5. The van der Waals surface area contributed by atoms with Crippen molar-refractivity contribution < 1.29 is 14.3 Å². The van der Waals surface area contributed by atoms with E-state index in [2.05, 4.69) is 52.3 Å². The second-order valence-electron chi connectivity index (χ2n) is 8.00. The Morgan fingerprint density at radius 2 is 1.29 bits per heavy atom. The van der Waals surface area contributed by atoms with Crippen LogP contribution in [0.15, 0.2) is 54.6 Å². The van der Waals surface area contributed by atoms with Crippen LogP contribution in [0.1, 0.15) is 55.8 Å².